The standard InChI is InChI=1S/C10H12N2O3/c1-2-14-10(13)12-11-7-3-5-9-6-4-8-15-9/h3-8H,2H2,1H3,(H,12,13)/b5-3+,11-7?. The minimum atomic E-state index is -0.569. The minimum absolute atomic E-state index is 0.323. The van der Waals surface area contributed by atoms with E-state index in [1.165, 1.54) is 6.21 Å². The summed E-state index contributed by atoms with van der Waals surface area (Å²) in [6.07, 6.45) is 5.80. The zero-order chi connectivity index (χ0) is 10.9. The molecule has 0 radical (unpaired) electrons. The largest absolute Gasteiger partial charge is 0.465 e. The molecule has 0 aromatic carbocycles. The van der Waals surface area contributed by atoms with Crippen LogP contribution in [0.3, 0.4) is 0 Å². The van der Waals surface area contributed by atoms with Crippen molar-refractivity contribution < 1.29 is 13.9 Å². The maximum atomic E-state index is 10.7. The fraction of sp³-hybridized carbons (Fsp3) is 0.200. The predicted octanol–water partition coefficient (Wildman–Crippen LogP) is 2.02. The third-order valence-corrected chi connectivity index (χ3v) is 1.40. The van der Waals surface area contributed by atoms with Crippen LogP contribution in [0, 0.1) is 0 Å². The molecular formula is C10H12N2O3. The van der Waals surface area contributed by atoms with Crippen molar-refractivity contribution in [2.75, 3.05) is 6.61 Å². The Morgan fingerprint density at radius 1 is 1.73 bits per heavy atom. The predicted molar refractivity (Wildman–Crippen MR) is 56.4 cm³/mol. The minimum Gasteiger partial charge on any atom is -0.465 e. The summed E-state index contributed by atoms with van der Waals surface area (Å²) in [5, 5.41) is 3.61. The van der Waals surface area contributed by atoms with E-state index in [0.717, 1.165) is 5.76 Å². The number of carbonyl (C=O) groups is 1. The summed E-state index contributed by atoms with van der Waals surface area (Å²) in [6, 6.07) is 3.59. The van der Waals surface area contributed by atoms with E-state index in [4.69, 9.17) is 4.42 Å². The Labute approximate surface area is 87.4 Å². The van der Waals surface area contributed by atoms with E-state index in [1.54, 1.807) is 31.4 Å². The summed E-state index contributed by atoms with van der Waals surface area (Å²) < 4.78 is 9.63. The van der Waals surface area contributed by atoms with Gasteiger partial charge in [-0.05, 0) is 31.2 Å². The van der Waals surface area contributed by atoms with Gasteiger partial charge >= 0.3 is 6.09 Å². The van der Waals surface area contributed by atoms with E-state index in [-0.39, 0.29) is 0 Å². The Kier molecular flexibility index (Phi) is 4.72. The van der Waals surface area contributed by atoms with Crippen molar-refractivity contribution in [3.8, 4) is 0 Å². The molecule has 0 saturated heterocycles. The first-order valence-electron chi connectivity index (χ1n) is 4.49. The van der Waals surface area contributed by atoms with Crippen molar-refractivity contribution in [3.63, 3.8) is 0 Å². The van der Waals surface area contributed by atoms with Crippen LogP contribution in [0.15, 0.2) is 34.0 Å². The Morgan fingerprint density at radius 3 is 3.27 bits per heavy atom. The molecular weight excluding hydrogens is 196 g/mol. The van der Waals surface area contributed by atoms with E-state index in [9.17, 15) is 4.79 Å². The van der Waals surface area contributed by atoms with E-state index in [1.807, 2.05) is 6.07 Å². The third-order valence-electron chi connectivity index (χ3n) is 1.40. The van der Waals surface area contributed by atoms with Crippen LogP contribution >= 0.6 is 0 Å². The zero-order valence-electron chi connectivity index (χ0n) is 8.34. The second-order valence-electron chi connectivity index (χ2n) is 2.48. The smallest absolute Gasteiger partial charge is 0.427 e. The third kappa shape index (κ3) is 4.66. The topological polar surface area (TPSA) is 63.8 Å². The lowest BCUT2D eigenvalue weighted by Crippen LogP contribution is -2.18. The van der Waals surface area contributed by atoms with Gasteiger partial charge in [0.2, 0.25) is 0 Å². The van der Waals surface area contributed by atoms with Gasteiger partial charge in [0.1, 0.15) is 5.76 Å². The maximum Gasteiger partial charge on any atom is 0.427 e. The van der Waals surface area contributed by atoms with E-state index in [0.29, 0.717) is 6.61 Å². The van der Waals surface area contributed by atoms with E-state index >= 15 is 0 Å². The number of hydrogen-bond acceptors (Lipinski definition) is 4. The molecule has 5 heteroatoms. The molecule has 1 N–H and O–H groups in total. The van der Waals surface area contributed by atoms with E-state index in [2.05, 4.69) is 15.3 Å². The van der Waals surface area contributed by atoms with Gasteiger partial charge in [0.15, 0.2) is 0 Å². The maximum absolute atomic E-state index is 10.7. The van der Waals surface area contributed by atoms with E-state index < -0.39 is 6.09 Å². The Balaban J connectivity index is 2.25. The molecule has 0 spiro atoms. The number of rotatable bonds is 4. The molecule has 80 valence electrons. The van der Waals surface area contributed by atoms with Crippen molar-refractivity contribution >= 4 is 18.4 Å². The molecule has 5 nitrogen and oxygen atoms in total. The number of furan rings is 1. The van der Waals surface area contributed by atoms with Crippen molar-refractivity contribution in [1.82, 2.24) is 5.43 Å². The zero-order valence-corrected chi connectivity index (χ0v) is 8.34. The molecule has 0 unspecified atom stereocenters. The first-order valence-corrected chi connectivity index (χ1v) is 4.49. The Bertz CT molecular complexity index is 342. The molecule has 0 fully saturated rings. The molecule has 0 aliphatic carbocycles. The van der Waals surface area contributed by atoms with Crippen LogP contribution < -0.4 is 5.43 Å². The highest BCUT2D eigenvalue weighted by molar-refractivity contribution is 5.78. The fourth-order valence-corrected chi connectivity index (χ4v) is 0.820. The van der Waals surface area contributed by atoms with Gasteiger partial charge in [-0.15, -0.1) is 0 Å². The quantitative estimate of drug-likeness (QED) is 0.608. The second kappa shape index (κ2) is 6.42. The van der Waals surface area contributed by atoms with Gasteiger partial charge in [0.25, 0.3) is 0 Å². The average molecular weight is 208 g/mol. The number of hydrogen-bond donors (Lipinski definition) is 1. The lowest BCUT2D eigenvalue weighted by atomic mass is 10.4. The van der Waals surface area contributed by atoms with Crippen LogP contribution in [-0.4, -0.2) is 18.9 Å². The van der Waals surface area contributed by atoms with Crippen molar-refractivity contribution in [2.45, 2.75) is 6.92 Å². The number of hydrazone groups is 1. The molecule has 1 aromatic rings. The van der Waals surface area contributed by atoms with Crippen LogP contribution in [0.5, 0.6) is 0 Å². The summed E-state index contributed by atoms with van der Waals surface area (Å²) in [5.74, 6) is 0.720. The Hall–Kier alpha value is -2.04. The van der Waals surface area contributed by atoms with Gasteiger partial charge in [-0.25, -0.2) is 10.2 Å². The molecule has 1 amide bonds. The normalized spacial score (nSPS) is 11.0. The number of carbonyl (C=O) groups excluding carboxylic acids is 1. The highest BCUT2D eigenvalue weighted by atomic mass is 16.5. The summed E-state index contributed by atoms with van der Waals surface area (Å²) in [6.45, 7) is 2.05. The van der Waals surface area contributed by atoms with Gasteiger partial charge in [-0.2, -0.15) is 5.10 Å². The summed E-state index contributed by atoms with van der Waals surface area (Å²) in [7, 11) is 0. The number of nitrogens with zero attached hydrogens (tertiary/aromatic N) is 1. The molecule has 1 rings (SSSR count). The number of nitrogens with one attached hydrogen (secondary N) is 1. The average Bonchev–Trinajstić information content (AvgIpc) is 2.70. The highest BCUT2D eigenvalue weighted by Crippen LogP contribution is 2.00. The van der Waals surface area contributed by atoms with Crippen molar-refractivity contribution in [1.29, 1.82) is 0 Å². The van der Waals surface area contributed by atoms with Gasteiger partial charge in [-0.3, -0.25) is 0 Å². The van der Waals surface area contributed by atoms with Crippen molar-refractivity contribution in [3.05, 3.63) is 30.2 Å². The summed E-state index contributed by atoms with van der Waals surface area (Å²) >= 11 is 0. The molecule has 0 atom stereocenters. The van der Waals surface area contributed by atoms with Gasteiger partial charge in [-0.1, -0.05) is 0 Å². The van der Waals surface area contributed by atoms with Gasteiger partial charge < -0.3 is 9.15 Å². The monoisotopic (exact) mass is 208 g/mol. The summed E-state index contributed by atoms with van der Waals surface area (Å²) in [5.41, 5.74) is 2.19. The number of allylic oxidation sites excluding steroid dienone is 1. The molecule has 0 aliphatic rings. The molecule has 1 aromatic heterocycles. The van der Waals surface area contributed by atoms with Crippen LogP contribution in [-0.2, 0) is 4.74 Å². The lowest BCUT2D eigenvalue weighted by Gasteiger charge is -1.97. The SMILES string of the molecule is CCOC(=O)NN=C/C=C/c1ccco1. The van der Waals surface area contributed by atoms with Crippen molar-refractivity contribution in [2.24, 2.45) is 5.10 Å². The molecule has 0 bridgehead atoms. The number of ether oxygens (including phenoxy) is 1. The first kappa shape index (κ1) is 11.0. The number of amides is 1. The van der Waals surface area contributed by atoms with Crippen LogP contribution in [0.25, 0.3) is 6.08 Å². The van der Waals surface area contributed by atoms with Gasteiger partial charge in [0, 0.05) is 6.21 Å². The first-order chi connectivity index (χ1) is 7.33. The molecule has 15 heavy (non-hydrogen) atoms. The van der Waals surface area contributed by atoms with Crippen LogP contribution in [0.2, 0.25) is 0 Å². The Morgan fingerprint density at radius 2 is 2.60 bits per heavy atom. The van der Waals surface area contributed by atoms with Gasteiger partial charge in [0.05, 0.1) is 12.9 Å². The molecule has 0 aliphatic heterocycles. The van der Waals surface area contributed by atoms with Crippen LogP contribution in [0.1, 0.15) is 12.7 Å². The van der Waals surface area contributed by atoms with Crippen LogP contribution in [0.4, 0.5) is 4.79 Å². The highest BCUT2D eigenvalue weighted by Gasteiger charge is 1.93. The lowest BCUT2D eigenvalue weighted by molar-refractivity contribution is 0.152. The molecule has 1 heterocycles. The second-order valence-corrected chi connectivity index (χ2v) is 2.48. The fourth-order valence-electron chi connectivity index (χ4n) is 0.820. The summed E-state index contributed by atoms with van der Waals surface area (Å²) in [4.78, 5) is 10.7. The molecule has 0 saturated carbocycles.